The molecule has 0 aliphatic rings. The largest absolute Gasteiger partial charge is 0.497 e. The monoisotopic (exact) mass is 338 g/mol. The van der Waals surface area contributed by atoms with Crippen LogP contribution < -0.4 is 10.1 Å². The molecule has 6 heteroatoms. The lowest BCUT2D eigenvalue weighted by Gasteiger charge is -2.09. The first-order chi connectivity index (χ1) is 12.0. The molecule has 0 saturated heterocycles. The second kappa shape index (κ2) is 6.68. The molecular formula is C19H18N2O4. The summed E-state index contributed by atoms with van der Waals surface area (Å²) in [7, 11) is 2.89. The average molecular weight is 338 g/mol. The van der Waals surface area contributed by atoms with Gasteiger partial charge in [-0.15, -0.1) is 0 Å². The van der Waals surface area contributed by atoms with E-state index in [0.717, 1.165) is 16.5 Å². The molecule has 0 atom stereocenters. The van der Waals surface area contributed by atoms with Crippen LogP contribution in [0.2, 0.25) is 0 Å². The number of anilines is 1. The van der Waals surface area contributed by atoms with Gasteiger partial charge in [0.1, 0.15) is 11.4 Å². The van der Waals surface area contributed by atoms with Gasteiger partial charge in [0.2, 0.25) is 0 Å². The van der Waals surface area contributed by atoms with E-state index in [1.165, 1.54) is 7.11 Å². The lowest BCUT2D eigenvalue weighted by atomic mass is 10.1. The zero-order valence-corrected chi connectivity index (χ0v) is 14.2. The number of H-pyrrole nitrogens is 1. The second-order valence-corrected chi connectivity index (χ2v) is 5.53. The molecule has 128 valence electrons. The number of carbonyl (C=O) groups excluding carboxylic acids is 2. The molecule has 0 radical (unpaired) electrons. The summed E-state index contributed by atoms with van der Waals surface area (Å²) in [6.45, 7) is 1.87. The number of benzene rings is 2. The lowest BCUT2D eigenvalue weighted by Crippen LogP contribution is -2.16. The van der Waals surface area contributed by atoms with Gasteiger partial charge in [-0.25, -0.2) is 4.79 Å². The quantitative estimate of drug-likeness (QED) is 0.713. The number of carbonyl (C=O) groups is 2. The van der Waals surface area contributed by atoms with Gasteiger partial charge in [0.25, 0.3) is 5.91 Å². The van der Waals surface area contributed by atoms with Crippen LogP contribution in [0.4, 0.5) is 5.69 Å². The molecule has 0 unspecified atom stereocenters. The Balaban J connectivity index is 1.96. The number of hydrogen-bond acceptors (Lipinski definition) is 4. The Labute approximate surface area is 144 Å². The minimum atomic E-state index is -0.506. The zero-order valence-electron chi connectivity index (χ0n) is 14.2. The second-order valence-electron chi connectivity index (χ2n) is 5.53. The molecule has 0 spiro atoms. The fraction of sp³-hybridized carbons (Fsp3) is 0.158. The van der Waals surface area contributed by atoms with Crippen molar-refractivity contribution in [2.75, 3.05) is 19.5 Å². The van der Waals surface area contributed by atoms with Crippen LogP contribution in [-0.4, -0.2) is 31.1 Å². The van der Waals surface area contributed by atoms with Crippen LogP contribution in [0, 0.1) is 6.92 Å². The topological polar surface area (TPSA) is 80.4 Å². The maximum atomic E-state index is 12.7. The number of rotatable bonds is 4. The van der Waals surface area contributed by atoms with Crippen molar-refractivity contribution in [3.63, 3.8) is 0 Å². The molecule has 1 heterocycles. The standard InChI is InChI=1S/C19H18N2O4/c1-11-13-9-8-12(24-2)10-16(13)20-17(11)18(22)21-15-7-5-4-6-14(15)19(23)25-3/h4-10,20H,1-3H3,(H,21,22). The average Bonchev–Trinajstić information content (AvgIpc) is 2.97. The molecule has 2 aromatic carbocycles. The van der Waals surface area contributed by atoms with Crippen molar-refractivity contribution in [2.24, 2.45) is 0 Å². The molecule has 0 bridgehead atoms. The highest BCUT2D eigenvalue weighted by Crippen LogP contribution is 2.26. The van der Waals surface area contributed by atoms with Crippen LogP contribution in [0.25, 0.3) is 10.9 Å². The van der Waals surface area contributed by atoms with Crippen LogP contribution in [0.15, 0.2) is 42.5 Å². The minimum absolute atomic E-state index is 0.300. The molecule has 6 nitrogen and oxygen atoms in total. The molecule has 0 fully saturated rings. The minimum Gasteiger partial charge on any atom is -0.497 e. The van der Waals surface area contributed by atoms with Gasteiger partial charge in [0, 0.05) is 17.0 Å². The number of amides is 1. The highest BCUT2D eigenvalue weighted by atomic mass is 16.5. The van der Waals surface area contributed by atoms with Crippen molar-refractivity contribution in [1.29, 1.82) is 0 Å². The Morgan fingerprint density at radius 1 is 1.08 bits per heavy atom. The Hall–Kier alpha value is -3.28. The number of aryl methyl sites for hydroxylation is 1. The maximum absolute atomic E-state index is 12.7. The third-order valence-electron chi connectivity index (χ3n) is 4.07. The van der Waals surface area contributed by atoms with Crippen LogP contribution in [-0.2, 0) is 4.74 Å². The van der Waals surface area contributed by atoms with E-state index in [9.17, 15) is 9.59 Å². The Morgan fingerprint density at radius 3 is 2.56 bits per heavy atom. The van der Waals surface area contributed by atoms with Crippen molar-refractivity contribution in [3.05, 3.63) is 59.3 Å². The number of hydrogen-bond donors (Lipinski definition) is 2. The summed E-state index contributed by atoms with van der Waals surface area (Å²) in [5, 5.41) is 3.71. The van der Waals surface area contributed by atoms with E-state index in [1.54, 1.807) is 31.4 Å². The fourth-order valence-electron chi connectivity index (χ4n) is 2.74. The summed E-state index contributed by atoms with van der Waals surface area (Å²) in [6, 6.07) is 12.3. The van der Waals surface area contributed by atoms with Gasteiger partial charge in [-0.3, -0.25) is 4.79 Å². The number of methoxy groups -OCH3 is 2. The van der Waals surface area contributed by atoms with Gasteiger partial charge in [-0.05, 0) is 36.8 Å². The van der Waals surface area contributed by atoms with Gasteiger partial charge >= 0.3 is 5.97 Å². The van der Waals surface area contributed by atoms with Crippen molar-refractivity contribution >= 4 is 28.5 Å². The van der Waals surface area contributed by atoms with Crippen LogP contribution in [0.5, 0.6) is 5.75 Å². The predicted octanol–water partition coefficient (Wildman–Crippen LogP) is 3.52. The van der Waals surface area contributed by atoms with Crippen LogP contribution in [0.1, 0.15) is 26.4 Å². The first-order valence-electron chi connectivity index (χ1n) is 7.70. The highest BCUT2D eigenvalue weighted by Gasteiger charge is 2.18. The molecule has 0 saturated carbocycles. The van der Waals surface area contributed by atoms with Gasteiger partial charge in [0.05, 0.1) is 25.5 Å². The molecule has 25 heavy (non-hydrogen) atoms. The smallest absolute Gasteiger partial charge is 0.339 e. The van der Waals surface area contributed by atoms with E-state index in [4.69, 9.17) is 9.47 Å². The third-order valence-corrected chi connectivity index (χ3v) is 4.07. The van der Waals surface area contributed by atoms with E-state index < -0.39 is 5.97 Å². The summed E-state index contributed by atoms with van der Waals surface area (Å²) >= 11 is 0. The van der Waals surface area contributed by atoms with E-state index in [0.29, 0.717) is 22.7 Å². The van der Waals surface area contributed by atoms with E-state index in [2.05, 4.69) is 10.3 Å². The van der Waals surface area contributed by atoms with E-state index in [1.807, 2.05) is 25.1 Å². The SMILES string of the molecule is COC(=O)c1ccccc1NC(=O)c1[nH]c2cc(OC)ccc2c1C. The van der Waals surface area contributed by atoms with Gasteiger partial charge < -0.3 is 19.8 Å². The molecule has 3 aromatic rings. The zero-order chi connectivity index (χ0) is 18.0. The van der Waals surface area contributed by atoms with Crippen LogP contribution >= 0.6 is 0 Å². The Kier molecular flexibility index (Phi) is 4.43. The number of nitrogens with one attached hydrogen (secondary N) is 2. The van der Waals surface area contributed by atoms with Crippen molar-refractivity contribution < 1.29 is 19.1 Å². The summed E-state index contributed by atoms with van der Waals surface area (Å²) in [5.74, 6) is -0.130. The number of aromatic amines is 1. The predicted molar refractivity (Wildman–Crippen MR) is 95.3 cm³/mol. The molecule has 0 aliphatic heterocycles. The number of para-hydroxylation sites is 1. The molecular weight excluding hydrogens is 320 g/mol. The lowest BCUT2D eigenvalue weighted by molar-refractivity contribution is 0.0602. The Morgan fingerprint density at radius 2 is 1.84 bits per heavy atom. The normalized spacial score (nSPS) is 10.5. The van der Waals surface area contributed by atoms with Gasteiger partial charge in [-0.1, -0.05) is 12.1 Å². The molecule has 2 N–H and O–H groups in total. The van der Waals surface area contributed by atoms with Gasteiger partial charge in [0.15, 0.2) is 0 Å². The summed E-state index contributed by atoms with van der Waals surface area (Å²) < 4.78 is 9.96. The highest BCUT2D eigenvalue weighted by molar-refractivity contribution is 6.10. The fourth-order valence-corrected chi connectivity index (χ4v) is 2.74. The molecule has 1 amide bonds. The Bertz CT molecular complexity index is 959. The number of esters is 1. The molecule has 1 aromatic heterocycles. The van der Waals surface area contributed by atoms with Crippen LogP contribution in [0.3, 0.4) is 0 Å². The van der Waals surface area contributed by atoms with Crippen molar-refractivity contribution in [2.45, 2.75) is 6.92 Å². The first-order valence-corrected chi connectivity index (χ1v) is 7.70. The van der Waals surface area contributed by atoms with Crippen molar-refractivity contribution in [3.8, 4) is 5.75 Å². The first kappa shape index (κ1) is 16.6. The molecule has 0 aliphatic carbocycles. The maximum Gasteiger partial charge on any atom is 0.339 e. The summed E-state index contributed by atoms with van der Waals surface area (Å²) in [6.07, 6.45) is 0. The van der Waals surface area contributed by atoms with Gasteiger partial charge in [-0.2, -0.15) is 0 Å². The van der Waals surface area contributed by atoms with E-state index in [-0.39, 0.29) is 5.91 Å². The number of ether oxygens (including phenoxy) is 2. The summed E-state index contributed by atoms with van der Waals surface area (Å²) in [5.41, 5.74) is 2.76. The number of aromatic nitrogens is 1. The van der Waals surface area contributed by atoms with Crippen molar-refractivity contribution in [1.82, 2.24) is 4.98 Å². The molecule has 3 rings (SSSR count). The summed E-state index contributed by atoms with van der Waals surface area (Å²) in [4.78, 5) is 27.6. The van der Waals surface area contributed by atoms with E-state index >= 15 is 0 Å². The number of fused-ring (bicyclic) bond motifs is 1. The third kappa shape index (κ3) is 3.06.